The zero-order valence-corrected chi connectivity index (χ0v) is 14.0. The lowest BCUT2D eigenvalue weighted by Crippen LogP contribution is -2.42. The summed E-state index contributed by atoms with van der Waals surface area (Å²) in [5, 5.41) is 0.671. The molecular weight excluding hydrogens is 340 g/mol. The fraction of sp³-hybridized carbons (Fsp3) is 0.533. The second-order valence-electron chi connectivity index (χ2n) is 5.25. The van der Waals surface area contributed by atoms with Gasteiger partial charge in [0.05, 0.1) is 6.04 Å². The lowest BCUT2D eigenvalue weighted by molar-refractivity contribution is -0.133. The van der Waals surface area contributed by atoms with Gasteiger partial charge in [-0.25, -0.2) is 0 Å². The van der Waals surface area contributed by atoms with E-state index in [1.807, 2.05) is 23.1 Å². The molecule has 1 aliphatic rings. The van der Waals surface area contributed by atoms with Crippen LogP contribution >= 0.6 is 27.5 Å². The molecule has 0 aromatic heterocycles. The van der Waals surface area contributed by atoms with Gasteiger partial charge in [0, 0.05) is 28.5 Å². The van der Waals surface area contributed by atoms with Gasteiger partial charge >= 0.3 is 0 Å². The molecule has 20 heavy (non-hydrogen) atoms. The Morgan fingerprint density at radius 1 is 1.50 bits per heavy atom. The highest BCUT2D eigenvalue weighted by Gasteiger charge is 2.33. The third-order valence-electron chi connectivity index (χ3n) is 3.73. The van der Waals surface area contributed by atoms with E-state index in [-0.39, 0.29) is 18.0 Å². The molecule has 110 valence electrons. The van der Waals surface area contributed by atoms with Gasteiger partial charge in [0.1, 0.15) is 0 Å². The maximum Gasteiger partial charge on any atom is 0.223 e. The Hall–Kier alpha value is -0.580. The molecule has 2 N–H and O–H groups in total. The molecule has 1 aromatic carbocycles. The number of amides is 1. The number of nitrogens with two attached hydrogens (primary N) is 1. The van der Waals surface area contributed by atoms with Crippen molar-refractivity contribution in [2.24, 2.45) is 5.73 Å². The summed E-state index contributed by atoms with van der Waals surface area (Å²) < 4.78 is 0.956. The van der Waals surface area contributed by atoms with Crippen LogP contribution in [0.2, 0.25) is 5.02 Å². The SMILES string of the molecule is CCCN1C(=O)CCCC(N)C1c1cc(Br)ccc1Cl. The number of hydrogen-bond donors (Lipinski definition) is 1. The highest BCUT2D eigenvalue weighted by molar-refractivity contribution is 9.10. The van der Waals surface area contributed by atoms with Gasteiger partial charge in [0.15, 0.2) is 0 Å². The first-order chi connectivity index (χ1) is 9.54. The topological polar surface area (TPSA) is 46.3 Å². The Labute approximate surface area is 133 Å². The highest BCUT2D eigenvalue weighted by Crippen LogP contribution is 2.35. The van der Waals surface area contributed by atoms with Crippen molar-refractivity contribution in [3.05, 3.63) is 33.3 Å². The van der Waals surface area contributed by atoms with Crippen LogP contribution in [-0.4, -0.2) is 23.4 Å². The third-order valence-corrected chi connectivity index (χ3v) is 4.57. The molecule has 5 heteroatoms. The Morgan fingerprint density at radius 3 is 2.95 bits per heavy atom. The van der Waals surface area contributed by atoms with E-state index in [9.17, 15) is 4.79 Å². The molecule has 0 bridgehead atoms. The maximum absolute atomic E-state index is 12.3. The Balaban J connectivity index is 2.45. The largest absolute Gasteiger partial charge is 0.334 e. The van der Waals surface area contributed by atoms with Crippen LogP contribution in [0.25, 0.3) is 0 Å². The minimum atomic E-state index is -0.130. The van der Waals surface area contributed by atoms with Crippen molar-refractivity contribution in [1.29, 1.82) is 0 Å². The van der Waals surface area contributed by atoms with Crippen molar-refractivity contribution in [1.82, 2.24) is 4.90 Å². The second-order valence-corrected chi connectivity index (χ2v) is 6.58. The van der Waals surface area contributed by atoms with Crippen LogP contribution in [0.15, 0.2) is 22.7 Å². The molecule has 1 aliphatic heterocycles. The van der Waals surface area contributed by atoms with E-state index in [0.29, 0.717) is 11.4 Å². The van der Waals surface area contributed by atoms with Crippen LogP contribution in [0.1, 0.15) is 44.2 Å². The zero-order chi connectivity index (χ0) is 14.7. The average Bonchev–Trinajstić information content (AvgIpc) is 2.54. The summed E-state index contributed by atoms with van der Waals surface area (Å²) in [6.45, 7) is 2.79. The fourth-order valence-electron chi connectivity index (χ4n) is 2.82. The Morgan fingerprint density at radius 2 is 2.25 bits per heavy atom. The lowest BCUT2D eigenvalue weighted by atomic mass is 9.96. The van der Waals surface area contributed by atoms with E-state index in [4.69, 9.17) is 17.3 Å². The van der Waals surface area contributed by atoms with Crippen molar-refractivity contribution >= 4 is 33.4 Å². The number of carbonyl (C=O) groups excluding carboxylic acids is 1. The van der Waals surface area contributed by atoms with Crippen molar-refractivity contribution < 1.29 is 4.79 Å². The smallest absolute Gasteiger partial charge is 0.223 e. The molecule has 1 fully saturated rings. The van der Waals surface area contributed by atoms with E-state index >= 15 is 0 Å². The van der Waals surface area contributed by atoms with E-state index in [1.165, 1.54) is 0 Å². The van der Waals surface area contributed by atoms with Gasteiger partial charge in [-0.3, -0.25) is 4.79 Å². The van der Waals surface area contributed by atoms with Gasteiger partial charge in [-0.2, -0.15) is 0 Å². The monoisotopic (exact) mass is 358 g/mol. The molecule has 3 nitrogen and oxygen atoms in total. The van der Waals surface area contributed by atoms with E-state index in [2.05, 4.69) is 22.9 Å². The summed E-state index contributed by atoms with van der Waals surface area (Å²) in [6.07, 6.45) is 3.19. The molecule has 1 saturated heterocycles. The summed E-state index contributed by atoms with van der Waals surface area (Å²) >= 11 is 9.82. The van der Waals surface area contributed by atoms with Gasteiger partial charge in [-0.1, -0.05) is 34.5 Å². The average molecular weight is 360 g/mol. The van der Waals surface area contributed by atoms with Crippen molar-refractivity contribution in [3.63, 3.8) is 0 Å². The second kappa shape index (κ2) is 6.92. The molecule has 2 atom stereocenters. The summed E-state index contributed by atoms with van der Waals surface area (Å²) in [7, 11) is 0. The van der Waals surface area contributed by atoms with Gasteiger partial charge in [0.25, 0.3) is 0 Å². The highest BCUT2D eigenvalue weighted by atomic mass is 79.9. The van der Waals surface area contributed by atoms with E-state index in [0.717, 1.165) is 35.8 Å². The van der Waals surface area contributed by atoms with Crippen LogP contribution < -0.4 is 5.73 Å². The number of halogens is 2. The van der Waals surface area contributed by atoms with Crippen LogP contribution in [0, 0.1) is 0 Å². The lowest BCUT2D eigenvalue weighted by Gasteiger charge is -2.34. The van der Waals surface area contributed by atoms with Gasteiger partial charge in [0.2, 0.25) is 5.91 Å². The Bertz CT molecular complexity index is 495. The number of rotatable bonds is 3. The van der Waals surface area contributed by atoms with Crippen molar-refractivity contribution in [3.8, 4) is 0 Å². The minimum Gasteiger partial charge on any atom is -0.334 e. The van der Waals surface area contributed by atoms with Crippen LogP contribution in [0.3, 0.4) is 0 Å². The quantitative estimate of drug-likeness (QED) is 0.890. The fourth-order valence-corrected chi connectivity index (χ4v) is 3.43. The molecule has 1 heterocycles. The van der Waals surface area contributed by atoms with Crippen LogP contribution in [0.4, 0.5) is 0 Å². The third kappa shape index (κ3) is 3.35. The number of nitrogens with zero attached hydrogens (tertiary/aromatic N) is 1. The first-order valence-electron chi connectivity index (χ1n) is 7.04. The predicted octanol–water partition coefficient (Wildman–Crippen LogP) is 3.89. The maximum atomic E-state index is 12.3. The Kier molecular flexibility index (Phi) is 5.47. The van der Waals surface area contributed by atoms with E-state index < -0.39 is 0 Å². The molecule has 1 aromatic rings. The molecule has 0 radical (unpaired) electrons. The van der Waals surface area contributed by atoms with Gasteiger partial charge in [-0.05, 0) is 43.0 Å². The first-order valence-corrected chi connectivity index (χ1v) is 8.21. The number of likely N-dealkylation sites (tertiary alicyclic amines) is 1. The van der Waals surface area contributed by atoms with Crippen molar-refractivity contribution in [2.75, 3.05) is 6.54 Å². The molecular formula is C15H20BrClN2O. The van der Waals surface area contributed by atoms with Crippen LogP contribution in [0.5, 0.6) is 0 Å². The van der Waals surface area contributed by atoms with Gasteiger partial charge in [-0.15, -0.1) is 0 Å². The minimum absolute atomic E-state index is 0.0696. The standard InChI is InChI=1S/C15H20BrClN2O/c1-2-8-19-14(20)5-3-4-13(18)15(19)11-9-10(16)6-7-12(11)17/h6-7,9,13,15H,2-5,8,18H2,1H3. The summed E-state index contributed by atoms with van der Waals surface area (Å²) in [4.78, 5) is 14.3. The predicted molar refractivity (Wildman–Crippen MR) is 85.7 cm³/mol. The first kappa shape index (κ1) is 15.8. The molecule has 0 saturated carbocycles. The summed E-state index contributed by atoms with van der Waals surface area (Å²) in [6, 6.07) is 5.54. The zero-order valence-electron chi connectivity index (χ0n) is 11.6. The van der Waals surface area contributed by atoms with Gasteiger partial charge < -0.3 is 10.6 Å². The van der Waals surface area contributed by atoms with Crippen molar-refractivity contribution in [2.45, 2.75) is 44.7 Å². The molecule has 2 unspecified atom stereocenters. The molecule has 0 spiro atoms. The number of benzene rings is 1. The summed E-state index contributed by atoms with van der Waals surface area (Å²) in [5.41, 5.74) is 7.29. The molecule has 0 aliphatic carbocycles. The summed E-state index contributed by atoms with van der Waals surface area (Å²) in [5.74, 6) is 0.181. The van der Waals surface area contributed by atoms with Crippen LogP contribution in [-0.2, 0) is 4.79 Å². The molecule has 2 rings (SSSR count). The van der Waals surface area contributed by atoms with E-state index in [1.54, 1.807) is 0 Å². The number of carbonyl (C=O) groups is 1. The molecule has 1 amide bonds. The normalized spacial score (nSPS) is 23.8. The number of hydrogen-bond acceptors (Lipinski definition) is 2.